The summed E-state index contributed by atoms with van der Waals surface area (Å²) < 4.78 is 7.16. The maximum Gasteiger partial charge on any atom is 0.191 e. The minimum Gasteiger partial charge on any atom is -0.377 e. The first-order valence-corrected chi connectivity index (χ1v) is 11.3. The topological polar surface area (TPSA) is 79.6 Å². The van der Waals surface area contributed by atoms with Crippen LogP contribution in [0, 0.1) is 0 Å². The van der Waals surface area contributed by atoms with Crippen molar-refractivity contribution >= 4 is 29.9 Å². The van der Waals surface area contributed by atoms with Gasteiger partial charge in [-0.1, -0.05) is 30.3 Å². The Morgan fingerprint density at radius 2 is 2.12 bits per heavy atom. The number of guanidine groups is 1. The molecule has 9 heteroatoms. The largest absolute Gasteiger partial charge is 0.377 e. The molecule has 1 aromatic heterocycles. The number of halogens is 1. The summed E-state index contributed by atoms with van der Waals surface area (Å²) in [4.78, 5) is 11.8. The molecule has 0 fully saturated rings. The molecule has 8 nitrogen and oxygen atoms in total. The van der Waals surface area contributed by atoms with Crippen molar-refractivity contribution in [2.75, 3.05) is 27.2 Å². The third-order valence-corrected chi connectivity index (χ3v) is 5.70. The van der Waals surface area contributed by atoms with Gasteiger partial charge in [0.25, 0.3) is 0 Å². The van der Waals surface area contributed by atoms with Crippen LogP contribution in [0.5, 0.6) is 0 Å². The normalized spacial score (nSPS) is 16.9. The fraction of sp³-hybridized carbons (Fsp3) is 0.609. The zero-order valence-corrected chi connectivity index (χ0v) is 22.1. The number of benzene rings is 1. The Bertz CT molecular complexity index is 827. The van der Waals surface area contributed by atoms with Gasteiger partial charge in [0, 0.05) is 45.2 Å². The van der Waals surface area contributed by atoms with E-state index in [1.54, 1.807) is 7.11 Å². The van der Waals surface area contributed by atoms with Gasteiger partial charge in [0.05, 0.1) is 6.54 Å². The second-order valence-electron chi connectivity index (χ2n) is 8.24. The van der Waals surface area contributed by atoms with Crippen LogP contribution < -0.4 is 10.6 Å². The van der Waals surface area contributed by atoms with Crippen molar-refractivity contribution in [3.8, 4) is 0 Å². The molecule has 0 radical (unpaired) electrons. The number of nitrogens with zero attached hydrogens (tertiary/aromatic N) is 5. The maximum atomic E-state index is 5.16. The maximum absolute atomic E-state index is 5.16. The van der Waals surface area contributed by atoms with Crippen molar-refractivity contribution in [1.29, 1.82) is 0 Å². The molecule has 2 unspecified atom stereocenters. The quantitative estimate of drug-likeness (QED) is 0.267. The lowest BCUT2D eigenvalue weighted by atomic mass is 10.1. The second-order valence-corrected chi connectivity index (χ2v) is 8.24. The number of hydrogen-bond donors (Lipinski definition) is 2. The van der Waals surface area contributed by atoms with E-state index in [1.165, 1.54) is 5.56 Å². The summed E-state index contributed by atoms with van der Waals surface area (Å²) >= 11 is 0. The van der Waals surface area contributed by atoms with Gasteiger partial charge in [-0.3, -0.25) is 9.89 Å². The lowest BCUT2D eigenvalue weighted by Crippen LogP contribution is -2.47. The molecule has 2 aromatic rings. The van der Waals surface area contributed by atoms with Crippen LogP contribution in [0.4, 0.5) is 0 Å². The Kier molecular flexibility index (Phi) is 11.4. The first-order valence-electron chi connectivity index (χ1n) is 11.3. The molecule has 0 amide bonds. The monoisotopic (exact) mass is 555 g/mol. The van der Waals surface area contributed by atoms with Crippen LogP contribution in [0.2, 0.25) is 0 Å². The number of hydrogen-bond acceptors (Lipinski definition) is 5. The lowest BCUT2D eigenvalue weighted by molar-refractivity contribution is 0.177. The fourth-order valence-electron chi connectivity index (χ4n) is 3.79. The zero-order chi connectivity index (χ0) is 22.1. The molecule has 0 saturated carbocycles. The summed E-state index contributed by atoms with van der Waals surface area (Å²) in [5, 5.41) is 11.5. The Hall–Kier alpha value is -1.72. The fourth-order valence-corrected chi connectivity index (χ4v) is 3.79. The van der Waals surface area contributed by atoms with Gasteiger partial charge in [0.2, 0.25) is 0 Å². The van der Waals surface area contributed by atoms with Crippen LogP contribution in [0.25, 0.3) is 0 Å². The number of rotatable bonds is 10. The highest BCUT2D eigenvalue weighted by Crippen LogP contribution is 2.14. The van der Waals surface area contributed by atoms with Crippen molar-refractivity contribution in [1.82, 2.24) is 30.3 Å². The van der Waals surface area contributed by atoms with Gasteiger partial charge in [-0.15, -0.1) is 24.0 Å². The van der Waals surface area contributed by atoms with E-state index < -0.39 is 0 Å². The van der Waals surface area contributed by atoms with E-state index in [0.717, 1.165) is 63.0 Å². The van der Waals surface area contributed by atoms with E-state index in [4.69, 9.17) is 9.73 Å². The van der Waals surface area contributed by atoms with Crippen molar-refractivity contribution in [2.45, 2.75) is 64.9 Å². The molecule has 2 heterocycles. The third kappa shape index (κ3) is 8.00. The minimum atomic E-state index is 0. The minimum absolute atomic E-state index is 0. The highest BCUT2D eigenvalue weighted by molar-refractivity contribution is 14.0. The highest BCUT2D eigenvalue weighted by atomic mass is 127. The smallest absolute Gasteiger partial charge is 0.191 e. The summed E-state index contributed by atoms with van der Waals surface area (Å²) in [7, 11) is 3.85. The van der Waals surface area contributed by atoms with Gasteiger partial charge in [-0.05, 0) is 39.3 Å². The molecule has 3 rings (SSSR count). The number of methoxy groups -OCH3 is 1. The Morgan fingerprint density at radius 3 is 2.84 bits per heavy atom. The van der Waals surface area contributed by atoms with Gasteiger partial charge in [0.15, 0.2) is 11.8 Å². The summed E-state index contributed by atoms with van der Waals surface area (Å²) in [6.07, 6.45) is 2.94. The van der Waals surface area contributed by atoms with Crippen LogP contribution >= 0.6 is 24.0 Å². The standard InChI is InChI=1S/C23H37N7O.HI/c1-5-24-23(25-14-13-18(2)29(3)15-19-9-7-6-8-10-19)26-20-11-12-22-27-21(17-31-4)28-30(22)16-20;/h6-10,18,20H,5,11-17H2,1-4H3,(H2,24,25,26);1H. The molecule has 0 saturated heterocycles. The molecule has 1 aliphatic rings. The van der Waals surface area contributed by atoms with Gasteiger partial charge in [-0.25, -0.2) is 9.67 Å². The molecule has 0 bridgehead atoms. The van der Waals surface area contributed by atoms with E-state index in [0.29, 0.717) is 18.7 Å². The first kappa shape index (κ1) is 26.5. The Balaban J connectivity index is 0.00000363. The average Bonchev–Trinajstić information content (AvgIpc) is 3.16. The predicted molar refractivity (Wildman–Crippen MR) is 139 cm³/mol. The Labute approximate surface area is 209 Å². The molecule has 178 valence electrons. The van der Waals surface area contributed by atoms with Gasteiger partial charge in [-0.2, -0.15) is 5.10 Å². The molecule has 1 aromatic carbocycles. The first-order chi connectivity index (χ1) is 15.1. The average molecular weight is 556 g/mol. The number of aliphatic imine (C=N–C) groups is 1. The van der Waals surface area contributed by atoms with Crippen LogP contribution in [-0.2, 0) is 30.9 Å². The van der Waals surface area contributed by atoms with Gasteiger partial charge >= 0.3 is 0 Å². The van der Waals surface area contributed by atoms with Gasteiger partial charge < -0.3 is 15.4 Å². The van der Waals surface area contributed by atoms with Crippen LogP contribution in [0.1, 0.15) is 43.9 Å². The van der Waals surface area contributed by atoms with Gasteiger partial charge in [0.1, 0.15) is 12.4 Å². The molecule has 0 aliphatic carbocycles. The summed E-state index contributed by atoms with van der Waals surface area (Å²) in [6.45, 7) is 8.21. The van der Waals surface area contributed by atoms with E-state index in [1.807, 2.05) is 4.68 Å². The molecular formula is C23H38IN7O. The van der Waals surface area contributed by atoms with E-state index >= 15 is 0 Å². The number of nitrogens with one attached hydrogen (secondary N) is 2. The van der Waals surface area contributed by atoms with E-state index in [9.17, 15) is 0 Å². The lowest BCUT2D eigenvalue weighted by Gasteiger charge is -2.26. The Morgan fingerprint density at radius 1 is 1.34 bits per heavy atom. The molecule has 1 aliphatic heterocycles. The zero-order valence-electron chi connectivity index (χ0n) is 19.8. The summed E-state index contributed by atoms with van der Waals surface area (Å²) in [5.74, 6) is 2.68. The number of ether oxygens (including phenoxy) is 1. The number of aromatic nitrogens is 3. The van der Waals surface area contributed by atoms with Crippen LogP contribution in [-0.4, -0.2) is 65.0 Å². The molecule has 2 atom stereocenters. The van der Waals surface area contributed by atoms with Crippen LogP contribution in [0.3, 0.4) is 0 Å². The van der Waals surface area contributed by atoms with Crippen molar-refractivity contribution in [3.63, 3.8) is 0 Å². The number of fused-ring (bicyclic) bond motifs is 1. The third-order valence-electron chi connectivity index (χ3n) is 5.70. The number of aryl methyl sites for hydroxylation is 1. The van der Waals surface area contributed by atoms with E-state index in [2.05, 4.69) is 76.8 Å². The molecule has 32 heavy (non-hydrogen) atoms. The molecule has 0 spiro atoms. The van der Waals surface area contributed by atoms with Crippen molar-refractivity contribution in [3.05, 3.63) is 47.5 Å². The van der Waals surface area contributed by atoms with Crippen molar-refractivity contribution in [2.24, 2.45) is 4.99 Å². The van der Waals surface area contributed by atoms with Crippen LogP contribution in [0.15, 0.2) is 35.3 Å². The second kappa shape index (κ2) is 13.7. The SMILES string of the molecule is CCNC(=NCCC(C)N(C)Cc1ccccc1)NC1CCc2nc(COC)nn2C1.I. The summed E-state index contributed by atoms with van der Waals surface area (Å²) in [5.41, 5.74) is 1.34. The van der Waals surface area contributed by atoms with Crippen molar-refractivity contribution < 1.29 is 4.74 Å². The predicted octanol–water partition coefficient (Wildman–Crippen LogP) is 2.82. The van der Waals surface area contributed by atoms with E-state index in [-0.39, 0.29) is 24.0 Å². The highest BCUT2D eigenvalue weighted by Gasteiger charge is 2.22. The molecular weight excluding hydrogens is 517 g/mol. The molecule has 2 N–H and O–H groups in total. The summed E-state index contributed by atoms with van der Waals surface area (Å²) in [6, 6.07) is 11.4.